The van der Waals surface area contributed by atoms with Gasteiger partial charge in [-0.2, -0.15) is 0 Å². The van der Waals surface area contributed by atoms with Crippen LogP contribution in [0, 0.1) is 0 Å². The van der Waals surface area contributed by atoms with E-state index in [9.17, 15) is 9.59 Å². The smallest absolute Gasteiger partial charge is 0.249 e. The fourth-order valence-corrected chi connectivity index (χ4v) is 3.28. The molecule has 2 fully saturated rings. The Morgan fingerprint density at radius 1 is 1.40 bits per heavy atom. The van der Waals surface area contributed by atoms with Crippen molar-refractivity contribution in [3.63, 3.8) is 0 Å². The van der Waals surface area contributed by atoms with Gasteiger partial charge in [0.1, 0.15) is 11.1 Å². The molecule has 1 N–H and O–H groups in total. The van der Waals surface area contributed by atoms with Crippen LogP contribution in [0.1, 0.15) is 52.9 Å². The molecule has 112 valence electrons. The Morgan fingerprint density at radius 3 is 2.50 bits per heavy atom. The minimum absolute atomic E-state index is 0.0381. The summed E-state index contributed by atoms with van der Waals surface area (Å²) in [5, 5.41) is 3.02. The minimum Gasteiger partial charge on any atom is -0.340 e. The second kappa shape index (κ2) is 5.40. The third-order valence-electron chi connectivity index (χ3n) is 4.83. The standard InChI is InChI=1S/C15H23ClN2O2/c1-4-14(3)12(19)17-15(7-5-6-8-15)13(20)18(14)10-11(2)9-16/h9H,4-8,10H2,1-3H3,(H,17,19). The maximum atomic E-state index is 13.0. The van der Waals surface area contributed by atoms with E-state index in [0.717, 1.165) is 31.3 Å². The molecule has 2 aliphatic rings. The number of rotatable bonds is 3. The fourth-order valence-electron chi connectivity index (χ4n) is 3.21. The molecule has 0 radical (unpaired) electrons. The molecule has 0 aromatic carbocycles. The molecule has 1 heterocycles. The van der Waals surface area contributed by atoms with Crippen molar-refractivity contribution in [3.8, 4) is 0 Å². The second-order valence-corrected chi connectivity index (χ2v) is 6.44. The van der Waals surface area contributed by atoms with Crippen LogP contribution in [0.4, 0.5) is 0 Å². The molecule has 1 spiro atoms. The number of piperazine rings is 1. The molecular formula is C15H23ClN2O2. The average Bonchev–Trinajstić information content (AvgIpc) is 2.90. The molecule has 1 saturated heterocycles. The number of carbonyl (C=O) groups is 2. The molecule has 1 atom stereocenters. The Bertz CT molecular complexity index is 455. The highest BCUT2D eigenvalue weighted by Crippen LogP contribution is 2.38. The normalized spacial score (nSPS) is 30.0. The predicted molar refractivity (Wildman–Crippen MR) is 79.4 cm³/mol. The molecule has 20 heavy (non-hydrogen) atoms. The van der Waals surface area contributed by atoms with Crippen LogP contribution < -0.4 is 5.32 Å². The first-order chi connectivity index (χ1) is 9.39. The highest BCUT2D eigenvalue weighted by molar-refractivity contribution is 6.25. The molecule has 0 aromatic heterocycles. The van der Waals surface area contributed by atoms with E-state index in [1.54, 1.807) is 4.90 Å². The van der Waals surface area contributed by atoms with E-state index in [-0.39, 0.29) is 11.8 Å². The van der Waals surface area contributed by atoms with Gasteiger partial charge in [0.25, 0.3) is 0 Å². The number of nitrogens with zero attached hydrogens (tertiary/aromatic N) is 1. The zero-order valence-electron chi connectivity index (χ0n) is 12.5. The monoisotopic (exact) mass is 298 g/mol. The number of carbonyl (C=O) groups excluding carboxylic acids is 2. The summed E-state index contributed by atoms with van der Waals surface area (Å²) in [7, 11) is 0. The van der Waals surface area contributed by atoms with Crippen molar-refractivity contribution in [2.24, 2.45) is 0 Å². The van der Waals surface area contributed by atoms with Crippen LogP contribution in [0.5, 0.6) is 0 Å². The summed E-state index contributed by atoms with van der Waals surface area (Å²) in [6, 6.07) is 0. The first-order valence-electron chi connectivity index (χ1n) is 7.30. The Hall–Kier alpha value is -1.03. The summed E-state index contributed by atoms with van der Waals surface area (Å²) in [6.07, 6.45) is 4.07. The van der Waals surface area contributed by atoms with Crippen LogP contribution in [0.3, 0.4) is 0 Å². The lowest BCUT2D eigenvalue weighted by Crippen LogP contribution is -2.74. The van der Waals surface area contributed by atoms with Crippen molar-refractivity contribution in [1.82, 2.24) is 10.2 Å². The van der Waals surface area contributed by atoms with Gasteiger partial charge in [-0.05, 0) is 38.7 Å². The van der Waals surface area contributed by atoms with Crippen LogP contribution in [-0.4, -0.2) is 34.3 Å². The number of hydrogen-bond acceptors (Lipinski definition) is 2. The first kappa shape index (κ1) is 15.4. The van der Waals surface area contributed by atoms with Crippen LogP contribution >= 0.6 is 11.6 Å². The first-order valence-corrected chi connectivity index (χ1v) is 7.74. The summed E-state index contributed by atoms with van der Waals surface area (Å²) < 4.78 is 0. The van der Waals surface area contributed by atoms with E-state index in [1.165, 1.54) is 5.54 Å². The molecule has 1 aliphatic heterocycles. The summed E-state index contributed by atoms with van der Waals surface area (Å²) in [5.74, 6) is 0.0145. The molecule has 0 aromatic rings. The lowest BCUT2D eigenvalue weighted by Gasteiger charge is -2.50. The Kier molecular flexibility index (Phi) is 4.14. The number of nitrogens with one attached hydrogen (secondary N) is 1. The summed E-state index contributed by atoms with van der Waals surface area (Å²) in [5.41, 5.74) is 0.921. The summed E-state index contributed by atoms with van der Waals surface area (Å²) >= 11 is 5.74. The maximum Gasteiger partial charge on any atom is 0.249 e. The predicted octanol–water partition coefficient (Wildman–Crippen LogP) is 2.57. The van der Waals surface area contributed by atoms with Gasteiger partial charge in [-0.25, -0.2) is 0 Å². The lowest BCUT2D eigenvalue weighted by molar-refractivity contribution is -0.161. The second-order valence-electron chi connectivity index (χ2n) is 6.22. The topological polar surface area (TPSA) is 49.4 Å². The molecular weight excluding hydrogens is 276 g/mol. The van der Waals surface area contributed by atoms with Gasteiger partial charge in [-0.15, -0.1) is 0 Å². The maximum absolute atomic E-state index is 13.0. The SMILES string of the molecule is CCC1(C)C(=O)NC2(CCCC2)C(=O)N1CC(C)=CCl. The number of hydrogen-bond donors (Lipinski definition) is 1. The van der Waals surface area contributed by atoms with Crippen molar-refractivity contribution in [1.29, 1.82) is 0 Å². The van der Waals surface area contributed by atoms with Crippen molar-refractivity contribution in [2.75, 3.05) is 6.54 Å². The van der Waals surface area contributed by atoms with Crippen LogP contribution in [0.2, 0.25) is 0 Å². The molecule has 1 saturated carbocycles. The summed E-state index contributed by atoms with van der Waals surface area (Å²) in [6.45, 7) is 6.07. The van der Waals surface area contributed by atoms with E-state index >= 15 is 0 Å². The minimum atomic E-state index is -0.786. The van der Waals surface area contributed by atoms with Gasteiger partial charge < -0.3 is 10.2 Å². The van der Waals surface area contributed by atoms with E-state index in [2.05, 4.69) is 5.32 Å². The third kappa shape index (κ3) is 2.24. The van der Waals surface area contributed by atoms with Crippen molar-refractivity contribution < 1.29 is 9.59 Å². The van der Waals surface area contributed by atoms with Crippen molar-refractivity contribution in [2.45, 2.75) is 64.0 Å². The largest absolute Gasteiger partial charge is 0.340 e. The quantitative estimate of drug-likeness (QED) is 0.870. The lowest BCUT2D eigenvalue weighted by atomic mass is 9.83. The van der Waals surface area contributed by atoms with Gasteiger partial charge in [0.15, 0.2) is 0 Å². The van der Waals surface area contributed by atoms with E-state index in [0.29, 0.717) is 13.0 Å². The molecule has 2 amide bonds. The fraction of sp³-hybridized carbons (Fsp3) is 0.733. The van der Waals surface area contributed by atoms with Crippen LogP contribution in [-0.2, 0) is 9.59 Å². The number of amides is 2. The van der Waals surface area contributed by atoms with Crippen molar-refractivity contribution >= 4 is 23.4 Å². The highest BCUT2D eigenvalue weighted by Gasteiger charge is 2.56. The Morgan fingerprint density at radius 2 is 2.00 bits per heavy atom. The third-order valence-corrected chi connectivity index (χ3v) is 5.20. The molecule has 5 heteroatoms. The van der Waals surface area contributed by atoms with E-state index in [4.69, 9.17) is 11.6 Å². The zero-order chi connectivity index (χ0) is 15.0. The van der Waals surface area contributed by atoms with Gasteiger partial charge in [0, 0.05) is 12.1 Å². The van der Waals surface area contributed by atoms with E-state index in [1.807, 2.05) is 20.8 Å². The van der Waals surface area contributed by atoms with E-state index < -0.39 is 11.1 Å². The number of halogens is 1. The molecule has 1 aliphatic carbocycles. The zero-order valence-corrected chi connectivity index (χ0v) is 13.2. The van der Waals surface area contributed by atoms with Crippen molar-refractivity contribution in [3.05, 3.63) is 11.1 Å². The van der Waals surface area contributed by atoms with Gasteiger partial charge in [-0.1, -0.05) is 31.4 Å². The van der Waals surface area contributed by atoms with Gasteiger partial charge in [0.05, 0.1) is 0 Å². The molecule has 2 rings (SSSR count). The Labute approximate surface area is 125 Å². The molecule has 4 nitrogen and oxygen atoms in total. The molecule has 1 unspecified atom stereocenters. The summed E-state index contributed by atoms with van der Waals surface area (Å²) in [4.78, 5) is 27.3. The molecule has 0 bridgehead atoms. The van der Waals surface area contributed by atoms with Gasteiger partial charge >= 0.3 is 0 Å². The van der Waals surface area contributed by atoms with Crippen LogP contribution in [0.15, 0.2) is 11.1 Å². The average molecular weight is 299 g/mol. The highest BCUT2D eigenvalue weighted by atomic mass is 35.5. The van der Waals surface area contributed by atoms with Crippen LogP contribution in [0.25, 0.3) is 0 Å². The van der Waals surface area contributed by atoms with Gasteiger partial charge in [0.2, 0.25) is 11.8 Å². The van der Waals surface area contributed by atoms with Gasteiger partial charge in [-0.3, -0.25) is 9.59 Å². The Balaban J connectivity index is 2.39.